The number of likely N-dealkylation sites (N-methyl/N-ethyl adjacent to an activating group) is 1. The second kappa shape index (κ2) is 6.70. The van der Waals surface area contributed by atoms with Crippen molar-refractivity contribution >= 4 is 5.91 Å². The summed E-state index contributed by atoms with van der Waals surface area (Å²) in [6.45, 7) is 4.12. The third-order valence-corrected chi connectivity index (χ3v) is 3.81. The van der Waals surface area contributed by atoms with Gasteiger partial charge in [0, 0.05) is 32.4 Å². The molecule has 1 aliphatic heterocycles. The van der Waals surface area contributed by atoms with Crippen molar-refractivity contribution in [1.82, 2.24) is 20.2 Å². The van der Waals surface area contributed by atoms with E-state index in [1.165, 1.54) is 0 Å². The first-order valence-electron chi connectivity index (χ1n) is 7.19. The largest absolute Gasteiger partial charge is 0.358 e. The van der Waals surface area contributed by atoms with Gasteiger partial charge in [0.15, 0.2) is 0 Å². The summed E-state index contributed by atoms with van der Waals surface area (Å²) in [5.74, 6) is 1.80. The molecule has 106 valence electrons. The lowest BCUT2D eigenvalue weighted by atomic mass is 9.89. The number of aryl methyl sites for hydroxylation is 1. The van der Waals surface area contributed by atoms with Crippen LogP contribution in [-0.2, 0) is 17.8 Å². The molecule has 0 saturated carbocycles. The number of nitrogens with zero attached hydrogens (tertiary/aromatic N) is 2. The fourth-order valence-electron chi connectivity index (χ4n) is 2.79. The van der Waals surface area contributed by atoms with E-state index < -0.39 is 0 Å². The minimum Gasteiger partial charge on any atom is -0.358 e. The molecule has 0 aliphatic carbocycles. The molecule has 1 aromatic heterocycles. The third-order valence-electron chi connectivity index (χ3n) is 3.81. The summed E-state index contributed by atoms with van der Waals surface area (Å²) in [5, 5.41) is 6.00. The van der Waals surface area contributed by atoms with Crippen molar-refractivity contribution in [2.75, 3.05) is 13.6 Å². The molecular formula is C14H24N4O. The van der Waals surface area contributed by atoms with Gasteiger partial charge in [-0.3, -0.25) is 4.79 Å². The van der Waals surface area contributed by atoms with Crippen LogP contribution in [0.25, 0.3) is 0 Å². The summed E-state index contributed by atoms with van der Waals surface area (Å²) in [4.78, 5) is 16.2. The third kappa shape index (κ3) is 3.56. The highest BCUT2D eigenvalue weighted by atomic mass is 16.2. The Morgan fingerprint density at radius 3 is 3.21 bits per heavy atom. The van der Waals surface area contributed by atoms with Gasteiger partial charge in [-0.2, -0.15) is 0 Å². The highest BCUT2D eigenvalue weighted by Crippen LogP contribution is 2.20. The van der Waals surface area contributed by atoms with Crippen molar-refractivity contribution < 1.29 is 4.79 Å². The van der Waals surface area contributed by atoms with Crippen LogP contribution < -0.4 is 10.6 Å². The van der Waals surface area contributed by atoms with Crippen LogP contribution in [0.1, 0.15) is 32.0 Å². The molecule has 1 aromatic rings. The van der Waals surface area contributed by atoms with E-state index >= 15 is 0 Å². The lowest BCUT2D eigenvalue weighted by Gasteiger charge is -2.29. The SMILES string of the molecule is CCCn1ccnc1CC1CCNC(C(=O)NC)C1. The predicted molar refractivity (Wildman–Crippen MR) is 74.8 cm³/mol. The molecule has 0 aromatic carbocycles. The Morgan fingerprint density at radius 2 is 2.47 bits per heavy atom. The van der Waals surface area contributed by atoms with E-state index in [-0.39, 0.29) is 11.9 Å². The molecule has 2 atom stereocenters. The van der Waals surface area contributed by atoms with Gasteiger partial charge in [-0.15, -0.1) is 0 Å². The number of aromatic nitrogens is 2. The number of hydrogen-bond donors (Lipinski definition) is 2. The standard InChI is InChI=1S/C14H24N4O/c1-3-7-18-8-6-17-13(18)10-11-4-5-16-12(9-11)14(19)15-2/h6,8,11-12,16H,3-5,7,9-10H2,1-2H3,(H,15,19). The van der Waals surface area contributed by atoms with Gasteiger partial charge in [-0.25, -0.2) is 4.98 Å². The number of imidazole rings is 1. The Hall–Kier alpha value is -1.36. The Labute approximate surface area is 114 Å². The van der Waals surface area contributed by atoms with Crippen LogP contribution in [0.5, 0.6) is 0 Å². The highest BCUT2D eigenvalue weighted by Gasteiger charge is 2.26. The van der Waals surface area contributed by atoms with Crippen molar-refractivity contribution in [3.05, 3.63) is 18.2 Å². The summed E-state index contributed by atoms with van der Waals surface area (Å²) in [7, 11) is 1.70. The Bertz CT molecular complexity index is 415. The molecule has 2 rings (SSSR count). The predicted octanol–water partition coefficient (Wildman–Crippen LogP) is 0.950. The molecule has 1 fully saturated rings. The molecule has 2 heterocycles. The second-order valence-electron chi connectivity index (χ2n) is 5.25. The number of piperidine rings is 1. The summed E-state index contributed by atoms with van der Waals surface area (Å²) in [5.41, 5.74) is 0. The topological polar surface area (TPSA) is 59.0 Å². The maximum atomic E-state index is 11.7. The van der Waals surface area contributed by atoms with Gasteiger partial charge < -0.3 is 15.2 Å². The van der Waals surface area contributed by atoms with E-state index in [9.17, 15) is 4.79 Å². The summed E-state index contributed by atoms with van der Waals surface area (Å²) in [6.07, 6.45) is 8.04. The van der Waals surface area contributed by atoms with Crippen molar-refractivity contribution in [3.8, 4) is 0 Å². The first-order chi connectivity index (χ1) is 9.24. The van der Waals surface area contributed by atoms with E-state index in [1.54, 1.807) is 7.05 Å². The maximum absolute atomic E-state index is 11.7. The molecule has 0 bridgehead atoms. The molecule has 1 saturated heterocycles. The van der Waals surface area contributed by atoms with E-state index in [2.05, 4.69) is 33.3 Å². The molecule has 0 radical (unpaired) electrons. The van der Waals surface area contributed by atoms with E-state index in [4.69, 9.17) is 0 Å². The Balaban J connectivity index is 1.94. The van der Waals surface area contributed by atoms with E-state index in [0.717, 1.165) is 44.6 Å². The normalized spacial score (nSPS) is 23.3. The van der Waals surface area contributed by atoms with Gasteiger partial charge in [-0.05, 0) is 31.7 Å². The smallest absolute Gasteiger partial charge is 0.236 e. The lowest BCUT2D eigenvalue weighted by Crippen LogP contribution is -2.48. The van der Waals surface area contributed by atoms with Gasteiger partial charge in [0.2, 0.25) is 5.91 Å². The Kier molecular flexibility index (Phi) is 4.96. The molecule has 5 nitrogen and oxygen atoms in total. The van der Waals surface area contributed by atoms with E-state index in [1.807, 2.05) is 6.20 Å². The fraction of sp³-hybridized carbons (Fsp3) is 0.714. The number of rotatable bonds is 5. The van der Waals surface area contributed by atoms with Gasteiger partial charge in [0.05, 0.1) is 6.04 Å². The molecule has 19 heavy (non-hydrogen) atoms. The summed E-state index contributed by atoms with van der Waals surface area (Å²) in [6, 6.07) is -0.0432. The van der Waals surface area contributed by atoms with Crippen molar-refractivity contribution in [1.29, 1.82) is 0 Å². The van der Waals surface area contributed by atoms with Crippen LogP contribution in [0.4, 0.5) is 0 Å². The van der Waals surface area contributed by atoms with Crippen LogP contribution >= 0.6 is 0 Å². The first-order valence-corrected chi connectivity index (χ1v) is 7.19. The first kappa shape index (κ1) is 14.1. The zero-order valence-electron chi connectivity index (χ0n) is 11.9. The molecule has 5 heteroatoms. The number of carbonyl (C=O) groups excluding carboxylic acids is 1. The van der Waals surface area contributed by atoms with Crippen molar-refractivity contribution in [2.45, 2.75) is 45.2 Å². The number of amides is 1. The molecule has 2 unspecified atom stereocenters. The highest BCUT2D eigenvalue weighted by molar-refractivity contribution is 5.81. The summed E-state index contributed by atoms with van der Waals surface area (Å²) < 4.78 is 2.23. The monoisotopic (exact) mass is 264 g/mol. The number of nitrogens with one attached hydrogen (secondary N) is 2. The zero-order valence-corrected chi connectivity index (χ0v) is 11.9. The fourth-order valence-corrected chi connectivity index (χ4v) is 2.79. The van der Waals surface area contributed by atoms with Gasteiger partial charge in [0.25, 0.3) is 0 Å². The quantitative estimate of drug-likeness (QED) is 0.832. The maximum Gasteiger partial charge on any atom is 0.236 e. The lowest BCUT2D eigenvalue weighted by molar-refractivity contribution is -0.123. The Morgan fingerprint density at radius 1 is 1.63 bits per heavy atom. The molecule has 0 spiro atoms. The minimum absolute atomic E-state index is 0.0432. The van der Waals surface area contributed by atoms with Crippen LogP contribution in [-0.4, -0.2) is 35.1 Å². The van der Waals surface area contributed by atoms with Gasteiger partial charge >= 0.3 is 0 Å². The van der Waals surface area contributed by atoms with Crippen LogP contribution in [0.3, 0.4) is 0 Å². The average Bonchev–Trinajstić information content (AvgIpc) is 2.86. The molecule has 1 aliphatic rings. The van der Waals surface area contributed by atoms with Crippen molar-refractivity contribution in [2.24, 2.45) is 5.92 Å². The summed E-state index contributed by atoms with van der Waals surface area (Å²) >= 11 is 0. The van der Waals surface area contributed by atoms with Gasteiger partial charge in [0.1, 0.15) is 5.82 Å². The molecule has 2 N–H and O–H groups in total. The minimum atomic E-state index is -0.0432. The van der Waals surface area contributed by atoms with Gasteiger partial charge in [-0.1, -0.05) is 6.92 Å². The second-order valence-corrected chi connectivity index (χ2v) is 5.25. The van der Waals surface area contributed by atoms with Crippen molar-refractivity contribution in [3.63, 3.8) is 0 Å². The zero-order chi connectivity index (χ0) is 13.7. The molecule has 1 amide bonds. The average molecular weight is 264 g/mol. The van der Waals surface area contributed by atoms with Crippen LogP contribution in [0.15, 0.2) is 12.4 Å². The van der Waals surface area contributed by atoms with Crippen LogP contribution in [0.2, 0.25) is 0 Å². The number of carbonyl (C=O) groups is 1. The van der Waals surface area contributed by atoms with E-state index in [0.29, 0.717) is 5.92 Å². The molecular weight excluding hydrogens is 240 g/mol. The van der Waals surface area contributed by atoms with Crippen LogP contribution in [0, 0.1) is 5.92 Å². The number of hydrogen-bond acceptors (Lipinski definition) is 3.